The van der Waals surface area contributed by atoms with Crippen molar-refractivity contribution in [1.82, 2.24) is 16.0 Å². The van der Waals surface area contributed by atoms with Crippen molar-refractivity contribution in [3.05, 3.63) is 85.1 Å². The van der Waals surface area contributed by atoms with E-state index in [1.54, 1.807) is 0 Å². The summed E-state index contributed by atoms with van der Waals surface area (Å²) in [6.07, 6.45) is 6.92. The van der Waals surface area contributed by atoms with Crippen molar-refractivity contribution in [2.75, 3.05) is 13.2 Å². The molecule has 2 aromatic carbocycles. The Labute approximate surface area is 306 Å². The van der Waals surface area contributed by atoms with Crippen LogP contribution >= 0.6 is 0 Å². The molecule has 0 unspecified atom stereocenters. The average molecular weight is 718 g/mol. The summed E-state index contributed by atoms with van der Waals surface area (Å²) in [7, 11) is -2.94. The zero-order valence-electron chi connectivity index (χ0n) is 31.6. The molecule has 4 atom stereocenters. The molecule has 3 N–H and O–H groups in total. The van der Waals surface area contributed by atoms with Crippen molar-refractivity contribution in [3.63, 3.8) is 0 Å². The van der Waals surface area contributed by atoms with Crippen molar-refractivity contribution < 1.29 is 28.3 Å². The monoisotopic (exact) mass is 717 g/mol. The average Bonchev–Trinajstić information content (AvgIpc) is 3.09. The molecule has 3 amide bonds. The molecule has 0 bridgehead atoms. The molecular weight excluding hydrogens is 659 g/mol. The quantitative estimate of drug-likeness (QED) is 0.142. The first kappa shape index (κ1) is 41.4. The summed E-state index contributed by atoms with van der Waals surface area (Å²) in [4.78, 5) is 53.5. The van der Waals surface area contributed by atoms with Gasteiger partial charge < -0.3 is 25.1 Å². The van der Waals surface area contributed by atoms with Crippen LogP contribution in [0.3, 0.4) is 0 Å². The van der Waals surface area contributed by atoms with Crippen LogP contribution in [0, 0.1) is 17.8 Å². The number of amides is 3. The number of benzene rings is 2. The van der Waals surface area contributed by atoms with Gasteiger partial charge in [0.2, 0.25) is 17.7 Å². The molecule has 1 aliphatic rings. The molecule has 0 aromatic heterocycles. The van der Waals surface area contributed by atoms with E-state index in [-0.39, 0.29) is 48.1 Å². The number of unbranched alkanes of at least 4 members (excludes halogenated alkanes) is 3. The molecule has 0 spiro atoms. The van der Waals surface area contributed by atoms with Crippen molar-refractivity contribution in [3.8, 4) is 0 Å². The Balaban J connectivity index is 2.09. The zero-order valence-corrected chi connectivity index (χ0v) is 32.6. The number of carbonyl (C=O) groups is 4. The maximum Gasteiger partial charge on any atom is 0.329 e. The maximum atomic E-state index is 14.3. The summed E-state index contributed by atoms with van der Waals surface area (Å²) in [5.74, 6) is -3.36. The van der Waals surface area contributed by atoms with E-state index in [4.69, 9.17) is 9.16 Å². The first-order chi connectivity index (χ1) is 24.2. The maximum absolute atomic E-state index is 14.3. The second-order valence-electron chi connectivity index (χ2n) is 15.0. The van der Waals surface area contributed by atoms with E-state index in [1.807, 2.05) is 57.2 Å². The van der Waals surface area contributed by atoms with Crippen molar-refractivity contribution in [1.29, 1.82) is 0 Å². The molecule has 0 fully saturated rings. The Morgan fingerprint density at radius 2 is 1.51 bits per heavy atom. The Morgan fingerprint density at radius 3 is 2.06 bits per heavy atom. The predicted molar refractivity (Wildman–Crippen MR) is 206 cm³/mol. The molecule has 10 heteroatoms. The molecule has 3 rings (SSSR count). The van der Waals surface area contributed by atoms with Crippen LogP contribution in [0.2, 0.25) is 5.04 Å². The fraction of sp³-hybridized carbons (Fsp3) is 0.512. The van der Waals surface area contributed by atoms with Gasteiger partial charge in [-0.1, -0.05) is 141 Å². The van der Waals surface area contributed by atoms with Gasteiger partial charge in [-0.25, -0.2) is 4.79 Å². The predicted octanol–water partition coefficient (Wildman–Crippen LogP) is 5.54. The highest BCUT2D eigenvalue weighted by molar-refractivity contribution is 6.99. The van der Waals surface area contributed by atoms with E-state index >= 15 is 0 Å². The van der Waals surface area contributed by atoms with Crippen LogP contribution in [0.4, 0.5) is 0 Å². The van der Waals surface area contributed by atoms with Crippen molar-refractivity contribution in [2.24, 2.45) is 17.8 Å². The van der Waals surface area contributed by atoms with E-state index in [9.17, 15) is 19.2 Å². The molecule has 278 valence electrons. The van der Waals surface area contributed by atoms with Gasteiger partial charge in [0.25, 0.3) is 8.32 Å². The van der Waals surface area contributed by atoms with E-state index < -0.39 is 44.2 Å². The standard InChI is InChI=1S/C41H59N3O6Si/c1-9-10-11-14-19-30(4)38-34(26-27-49-51(41(6,7)8,32-20-15-12-16-21-32)33-22-17-13-18-23-33)39(47)43-31(5)24-25-35(45)42-28-36(46)44-37(29(2)3)40(48)50-38/h12-13,15-18,20-25,29-30,34,37-38H,5,9-11,14,19,26-28H2,1-4,6-8H3,(H,42,45)(H,43,47)(H,44,46)/b25-24+/t30-,34+,37+,38+/m1/s1. The lowest BCUT2D eigenvalue weighted by atomic mass is 9.85. The summed E-state index contributed by atoms with van der Waals surface area (Å²) in [5.41, 5.74) is 0.202. The van der Waals surface area contributed by atoms with Crippen LogP contribution in [0.5, 0.6) is 0 Å². The number of ether oxygens (including phenoxy) is 1. The van der Waals surface area contributed by atoms with Gasteiger partial charge >= 0.3 is 5.97 Å². The first-order valence-electron chi connectivity index (χ1n) is 18.4. The first-order valence-corrected chi connectivity index (χ1v) is 20.3. The van der Waals surface area contributed by atoms with Gasteiger partial charge in [-0.15, -0.1) is 0 Å². The molecule has 2 aromatic rings. The Morgan fingerprint density at radius 1 is 0.902 bits per heavy atom. The van der Waals surface area contributed by atoms with Crippen LogP contribution in [0.25, 0.3) is 0 Å². The van der Waals surface area contributed by atoms with Crippen LogP contribution in [-0.4, -0.2) is 57.3 Å². The highest BCUT2D eigenvalue weighted by atomic mass is 28.4. The minimum atomic E-state index is -2.94. The summed E-state index contributed by atoms with van der Waals surface area (Å²) in [5, 5.41) is 10.1. The number of allylic oxidation sites excluding steroid dienone is 1. The normalized spacial score (nSPS) is 21.1. The molecule has 0 radical (unpaired) electrons. The number of nitrogens with one attached hydrogen (secondary N) is 3. The molecule has 0 saturated carbocycles. The minimum absolute atomic E-state index is 0.180. The van der Waals surface area contributed by atoms with Gasteiger partial charge in [0.15, 0.2) is 0 Å². The number of hydrogen-bond acceptors (Lipinski definition) is 6. The van der Waals surface area contributed by atoms with Crippen LogP contribution in [0.15, 0.2) is 85.1 Å². The number of esters is 1. The molecule has 0 aliphatic carbocycles. The van der Waals surface area contributed by atoms with Crippen molar-refractivity contribution in [2.45, 2.75) is 104 Å². The lowest BCUT2D eigenvalue weighted by Gasteiger charge is -2.43. The van der Waals surface area contributed by atoms with Gasteiger partial charge in [0, 0.05) is 18.4 Å². The largest absolute Gasteiger partial charge is 0.460 e. The van der Waals surface area contributed by atoms with E-state index in [0.717, 1.165) is 42.5 Å². The second kappa shape index (κ2) is 19.5. The number of rotatable bonds is 13. The number of cyclic esters (lactones) is 1. The van der Waals surface area contributed by atoms with Gasteiger partial charge in [-0.05, 0) is 46.2 Å². The van der Waals surface area contributed by atoms with Crippen LogP contribution in [-0.2, 0) is 28.3 Å². The number of carbonyl (C=O) groups excluding carboxylic acids is 4. The second-order valence-corrected chi connectivity index (χ2v) is 19.3. The number of hydrogen-bond donors (Lipinski definition) is 3. The topological polar surface area (TPSA) is 123 Å². The van der Waals surface area contributed by atoms with Gasteiger partial charge in [0.05, 0.1) is 12.5 Å². The highest BCUT2D eigenvalue weighted by Gasteiger charge is 2.50. The molecule has 0 saturated heterocycles. The van der Waals surface area contributed by atoms with Crippen molar-refractivity contribution >= 4 is 42.4 Å². The van der Waals surface area contributed by atoms with Crippen LogP contribution in [0.1, 0.15) is 87.0 Å². The minimum Gasteiger partial charge on any atom is -0.460 e. The Bertz CT molecular complexity index is 1450. The smallest absolute Gasteiger partial charge is 0.329 e. The molecule has 9 nitrogen and oxygen atoms in total. The molecule has 1 heterocycles. The fourth-order valence-electron chi connectivity index (χ4n) is 6.82. The highest BCUT2D eigenvalue weighted by Crippen LogP contribution is 2.37. The van der Waals surface area contributed by atoms with E-state index in [2.05, 4.69) is 74.5 Å². The third-order valence-electron chi connectivity index (χ3n) is 9.60. The third kappa shape index (κ3) is 11.5. The van der Waals surface area contributed by atoms with Crippen LogP contribution < -0.4 is 26.3 Å². The fourth-order valence-corrected chi connectivity index (χ4v) is 11.4. The van der Waals surface area contributed by atoms with Gasteiger partial charge in [-0.2, -0.15) is 0 Å². The molecule has 1 aliphatic heterocycles. The lowest BCUT2D eigenvalue weighted by Crippen LogP contribution is -2.66. The van der Waals surface area contributed by atoms with E-state index in [1.165, 1.54) is 12.2 Å². The summed E-state index contributed by atoms with van der Waals surface area (Å²) >= 11 is 0. The lowest BCUT2D eigenvalue weighted by molar-refractivity contribution is -0.162. The summed E-state index contributed by atoms with van der Waals surface area (Å²) < 4.78 is 13.5. The van der Waals surface area contributed by atoms with E-state index in [0.29, 0.717) is 0 Å². The van der Waals surface area contributed by atoms with Gasteiger partial charge in [0.1, 0.15) is 12.1 Å². The molecular formula is C41H59N3O6Si. The molecule has 51 heavy (non-hydrogen) atoms. The Hall–Kier alpha value is -4.02. The summed E-state index contributed by atoms with van der Waals surface area (Å²) in [6, 6.07) is 19.6. The summed E-state index contributed by atoms with van der Waals surface area (Å²) in [6.45, 7) is 18.2. The van der Waals surface area contributed by atoms with Gasteiger partial charge in [-0.3, -0.25) is 14.4 Å². The third-order valence-corrected chi connectivity index (χ3v) is 14.6. The SMILES string of the molecule is C=C1/C=C/C(=O)NCC(=O)N[C@@H](C(C)C)C(=O)O[C@@H]([C@H](C)CCCCCC)[C@H](CCO[Si](c2ccccc2)(c2ccccc2)C(C)(C)C)C(=O)N1. The zero-order chi connectivity index (χ0) is 37.6. The Kier molecular flexibility index (Phi) is 15.9.